The van der Waals surface area contributed by atoms with Crippen molar-refractivity contribution in [2.24, 2.45) is 0 Å². The van der Waals surface area contributed by atoms with Crippen molar-refractivity contribution in [3.8, 4) is 0 Å². The van der Waals surface area contributed by atoms with E-state index >= 15 is 0 Å². The summed E-state index contributed by atoms with van der Waals surface area (Å²) in [4.78, 5) is 0. The van der Waals surface area contributed by atoms with Gasteiger partial charge in [-0.3, -0.25) is 4.55 Å². The molecule has 0 aliphatic carbocycles. The Hall–Kier alpha value is -0.170. The lowest BCUT2D eigenvalue weighted by Gasteiger charge is -2.39. The van der Waals surface area contributed by atoms with Crippen molar-refractivity contribution < 1.29 is 21.9 Å². The average Bonchev–Trinajstić information content (AvgIpc) is 2.32. The molecule has 1 N–H and O–H groups in total. The van der Waals surface area contributed by atoms with Crippen LogP contribution >= 0.6 is 0 Å². The molecule has 0 aromatic heterocycles. The van der Waals surface area contributed by atoms with Gasteiger partial charge in [0.1, 0.15) is 0 Å². The van der Waals surface area contributed by atoms with Crippen LogP contribution in [-0.4, -0.2) is 25.4 Å². The smallest absolute Gasteiger partial charge is 0.348 e. The van der Waals surface area contributed by atoms with E-state index in [2.05, 4.69) is 11.1 Å². The van der Waals surface area contributed by atoms with Gasteiger partial charge in [-0.2, -0.15) is 8.42 Å². The molecule has 20 heavy (non-hydrogen) atoms. The fourth-order valence-corrected chi connectivity index (χ4v) is 3.13. The van der Waals surface area contributed by atoms with Gasteiger partial charge in [0.05, 0.1) is 6.61 Å². The van der Waals surface area contributed by atoms with Crippen LogP contribution in [0.3, 0.4) is 0 Å². The summed E-state index contributed by atoms with van der Waals surface area (Å²) in [7, 11) is -4.43. The molecule has 1 heterocycles. The lowest BCUT2D eigenvalue weighted by molar-refractivity contribution is -0.268. The van der Waals surface area contributed by atoms with Crippen LogP contribution in [0.4, 0.5) is 0 Å². The summed E-state index contributed by atoms with van der Waals surface area (Å²) in [6.07, 6.45) is 11.9. The molecule has 1 aliphatic heterocycles. The predicted octanol–water partition coefficient (Wildman–Crippen LogP) is 3.84. The zero-order valence-electron chi connectivity index (χ0n) is 12.5. The standard InChI is InChI=1S/C14H28O5S/c1-2-3-4-5-6-7-8-9-10-11-14(12-13-18-14)19-20(15,16)17/h2-13H2,1H3,(H,15,16,17). The van der Waals surface area contributed by atoms with Crippen molar-refractivity contribution in [3.05, 3.63) is 0 Å². The summed E-state index contributed by atoms with van der Waals surface area (Å²) in [6.45, 7) is 2.71. The molecule has 0 radical (unpaired) electrons. The van der Waals surface area contributed by atoms with Crippen molar-refractivity contribution in [1.29, 1.82) is 0 Å². The maximum atomic E-state index is 10.8. The first-order valence-electron chi connectivity index (χ1n) is 7.79. The predicted molar refractivity (Wildman–Crippen MR) is 77.8 cm³/mol. The number of hydrogen-bond donors (Lipinski definition) is 1. The van der Waals surface area contributed by atoms with Crippen LogP contribution in [0.15, 0.2) is 0 Å². The third kappa shape index (κ3) is 7.57. The molecule has 6 heteroatoms. The van der Waals surface area contributed by atoms with E-state index in [4.69, 9.17) is 9.29 Å². The lowest BCUT2D eigenvalue weighted by Crippen LogP contribution is -2.47. The first kappa shape index (κ1) is 17.9. The lowest BCUT2D eigenvalue weighted by atomic mass is 9.99. The number of unbranched alkanes of at least 4 members (excludes halogenated alkanes) is 8. The Morgan fingerprint density at radius 3 is 1.95 bits per heavy atom. The van der Waals surface area contributed by atoms with Crippen LogP contribution in [0.2, 0.25) is 0 Å². The van der Waals surface area contributed by atoms with E-state index in [9.17, 15) is 8.42 Å². The van der Waals surface area contributed by atoms with Crippen LogP contribution in [-0.2, 0) is 19.3 Å². The molecular weight excluding hydrogens is 280 g/mol. The largest absolute Gasteiger partial charge is 0.400 e. The molecule has 1 saturated heterocycles. The Bertz CT molecular complexity index is 349. The monoisotopic (exact) mass is 308 g/mol. The molecule has 120 valence electrons. The molecule has 0 bridgehead atoms. The van der Waals surface area contributed by atoms with E-state index in [1.165, 1.54) is 38.5 Å². The van der Waals surface area contributed by atoms with Gasteiger partial charge in [0, 0.05) is 12.8 Å². The SMILES string of the molecule is CCCCCCCCCCCC1(OS(=O)(=O)O)CCO1. The van der Waals surface area contributed by atoms with Crippen LogP contribution in [0.5, 0.6) is 0 Å². The molecule has 1 rings (SSSR count). The molecule has 0 spiro atoms. The maximum Gasteiger partial charge on any atom is 0.400 e. The quantitative estimate of drug-likeness (QED) is 0.438. The Labute approximate surface area is 123 Å². The molecule has 1 unspecified atom stereocenters. The Balaban J connectivity index is 2.02. The molecular formula is C14H28O5S. The van der Waals surface area contributed by atoms with Crippen LogP contribution < -0.4 is 0 Å². The third-order valence-electron chi connectivity index (χ3n) is 3.77. The van der Waals surface area contributed by atoms with E-state index in [1.807, 2.05) is 0 Å². The highest BCUT2D eigenvalue weighted by atomic mass is 32.3. The Kier molecular flexibility index (Phi) is 8.02. The summed E-state index contributed by atoms with van der Waals surface area (Å²) in [5.74, 6) is -1.09. The van der Waals surface area contributed by atoms with Crippen molar-refractivity contribution in [2.75, 3.05) is 6.61 Å². The Morgan fingerprint density at radius 1 is 1.05 bits per heavy atom. The van der Waals surface area contributed by atoms with Crippen molar-refractivity contribution in [3.63, 3.8) is 0 Å². The summed E-state index contributed by atoms with van der Waals surface area (Å²) >= 11 is 0. The minimum Gasteiger partial charge on any atom is -0.348 e. The second-order valence-corrected chi connectivity index (χ2v) is 6.62. The van der Waals surface area contributed by atoms with Crippen molar-refractivity contribution in [2.45, 2.75) is 83.3 Å². The van der Waals surface area contributed by atoms with E-state index < -0.39 is 16.2 Å². The van der Waals surface area contributed by atoms with Gasteiger partial charge in [-0.1, -0.05) is 58.3 Å². The summed E-state index contributed by atoms with van der Waals surface area (Å²) in [5.41, 5.74) is 0. The first-order valence-corrected chi connectivity index (χ1v) is 9.16. The van der Waals surface area contributed by atoms with Gasteiger partial charge in [-0.15, -0.1) is 0 Å². The molecule has 0 aromatic rings. The van der Waals surface area contributed by atoms with Crippen LogP contribution in [0.1, 0.15) is 77.6 Å². The average molecular weight is 308 g/mol. The third-order valence-corrected chi connectivity index (χ3v) is 4.28. The number of hydrogen-bond acceptors (Lipinski definition) is 4. The van der Waals surface area contributed by atoms with Crippen LogP contribution in [0, 0.1) is 0 Å². The first-order chi connectivity index (χ1) is 9.47. The topological polar surface area (TPSA) is 72.8 Å². The zero-order valence-corrected chi connectivity index (χ0v) is 13.3. The van der Waals surface area contributed by atoms with Crippen molar-refractivity contribution >= 4 is 10.4 Å². The highest BCUT2D eigenvalue weighted by molar-refractivity contribution is 7.80. The highest BCUT2D eigenvalue weighted by Crippen LogP contribution is 2.34. The minimum absolute atomic E-state index is 0.493. The maximum absolute atomic E-state index is 10.8. The highest BCUT2D eigenvalue weighted by Gasteiger charge is 2.43. The van der Waals surface area contributed by atoms with E-state index in [0.29, 0.717) is 19.4 Å². The Morgan fingerprint density at radius 2 is 1.55 bits per heavy atom. The second kappa shape index (κ2) is 8.97. The van der Waals surface area contributed by atoms with Gasteiger partial charge < -0.3 is 4.74 Å². The fourth-order valence-electron chi connectivity index (χ4n) is 2.53. The molecule has 0 amide bonds. The summed E-state index contributed by atoms with van der Waals surface area (Å²) in [6, 6.07) is 0. The van der Waals surface area contributed by atoms with Gasteiger partial charge in [-0.25, -0.2) is 4.18 Å². The van der Waals surface area contributed by atoms with E-state index in [1.54, 1.807) is 0 Å². The molecule has 1 atom stereocenters. The van der Waals surface area contributed by atoms with Gasteiger partial charge in [0.15, 0.2) is 5.79 Å². The molecule has 5 nitrogen and oxygen atoms in total. The minimum atomic E-state index is -4.43. The van der Waals surface area contributed by atoms with Gasteiger partial charge in [0.25, 0.3) is 0 Å². The number of ether oxygens (including phenoxy) is 1. The molecule has 1 fully saturated rings. The zero-order chi connectivity index (χ0) is 14.9. The molecule has 1 aliphatic rings. The summed E-state index contributed by atoms with van der Waals surface area (Å²) in [5, 5.41) is 0. The second-order valence-electron chi connectivity index (χ2n) is 5.60. The molecule has 0 aromatic carbocycles. The van der Waals surface area contributed by atoms with Crippen LogP contribution in [0.25, 0.3) is 0 Å². The van der Waals surface area contributed by atoms with Crippen molar-refractivity contribution in [1.82, 2.24) is 0 Å². The van der Waals surface area contributed by atoms with Gasteiger partial charge in [-0.05, 0) is 6.42 Å². The summed E-state index contributed by atoms with van der Waals surface area (Å²) < 4.78 is 40.1. The number of rotatable bonds is 12. The van der Waals surface area contributed by atoms with E-state index in [-0.39, 0.29) is 0 Å². The molecule has 0 saturated carbocycles. The van der Waals surface area contributed by atoms with E-state index in [0.717, 1.165) is 19.3 Å². The van der Waals surface area contributed by atoms with Gasteiger partial charge >= 0.3 is 10.4 Å². The van der Waals surface area contributed by atoms with Gasteiger partial charge in [0.2, 0.25) is 0 Å². The normalized spacial score (nSPS) is 22.7. The fraction of sp³-hybridized carbons (Fsp3) is 1.00.